The van der Waals surface area contributed by atoms with Crippen molar-refractivity contribution in [2.24, 2.45) is 5.92 Å². The van der Waals surface area contributed by atoms with Gasteiger partial charge in [-0.15, -0.1) is 0 Å². The maximum absolute atomic E-state index is 2.43. The Hall–Kier alpha value is -0.0400. The summed E-state index contributed by atoms with van der Waals surface area (Å²) in [6.07, 6.45) is 4.41. The first-order valence-corrected chi connectivity index (χ1v) is 4.40. The van der Waals surface area contributed by atoms with Crippen LogP contribution in [0.4, 0.5) is 0 Å². The van der Waals surface area contributed by atoms with Crippen molar-refractivity contribution < 1.29 is 0 Å². The molecule has 1 rings (SSSR count). The third-order valence-electron chi connectivity index (χ3n) is 2.47. The van der Waals surface area contributed by atoms with Gasteiger partial charge in [0, 0.05) is 6.04 Å². The number of hydrogen-bond acceptors (Lipinski definition) is 1. The number of hydrogen-bond donors (Lipinski definition) is 0. The summed E-state index contributed by atoms with van der Waals surface area (Å²) in [4.78, 5) is 2.43. The summed E-state index contributed by atoms with van der Waals surface area (Å²) in [5, 5.41) is 0. The zero-order valence-electron chi connectivity index (χ0n) is 7.43. The highest BCUT2D eigenvalue weighted by molar-refractivity contribution is 4.74. The molecule has 1 nitrogen and oxygen atoms in total. The van der Waals surface area contributed by atoms with E-state index in [1.165, 1.54) is 25.8 Å². The van der Waals surface area contributed by atoms with E-state index in [1.54, 1.807) is 0 Å². The van der Waals surface area contributed by atoms with Gasteiger partial charge >= 0.3 is 0 Å². The summed E-state index contributed by atoms with van der Waals surface area (Å²) >= 11 is 0. The first-order valence-electron chi connectivity index (χ1n) is 4.40. The molecule has 60 valence electrons. The lowest BCUT2D eigenvalue weighted by atomic mass is 10.2. The van der Waals surface area contributed by atoms with Crippen molar-refractivity contribution in [3.05, 3.63) is 0 Å². The molecule has 0 saturated heterocycles. The van der Waals surface area contributed by atoms with Crippen LogP contribution in [0.2, 0.25) is 0 Å². The fraction of sp³-hybridized carbons (Fsp3) is 1.00. The van der Waals surface area contributed by atoms with Gasteiger partial charge in [-0.1, -0.05) is 12.8 Å². The molecule has 0 aromatic rings. The molecule has 1 aliphatic carbocycles. The van der Waals surface area contributed by atoms with E-state index in [1.807, 2.05) is 0 Å². The molecule has 0 heterocycles. The molecule has 0 bridgehead atoms. The third-order valence-corrected chi connectivity index (χ3v) is 2.47. The van der Waals surface area contributed by atoms with Crippen LogP contribution in [0.5, 0.6) is 0 Å². The smallest absolute Gasteiger partial charge is 0.00355 e. The SMILES string of the molecule is CC(C)N(C)CCC1CC1. The van der Waals surface area contributed by atoms with Crippen LogP contribution < -0.4 is 0 Å². The van der Waals surface area contributed by atoms with Gasteiger partial charge < -0.3 is 4.90 Å². The molecular formula is C9H19N. The van der Waals surface area contributed by atoms with Crippen molar-refractivity contribution in [2.75, 3.05) is 13.6 Å². The zero-order valence-corrected chi connectivity index (χ0v) is 7.43. The monoisotopic (exact) mass is 141 g/mol. The van der Waals surface area contributed by atoms with Gasteiger partial charge in [0.05, 0.1) is 0 Å². The summed E-state index contributed by atoms with van der Waals surface area (Å²) < 4.78 is 0. The average molecular weight is 141 g/mol. The van der Waals surface area contributed by atoms with Gasteiger partial charge in [0.15, 0.2) is 0 Å². The molecule has 0 unspecified atom stereocenters. The predicted octanol–water partition coefficient (Wildman–Crippen LogP) is 2.13. The first kappa shape index (κ1) is 8.06. The predicted molar refractivity (Wildman–Crippen MR) is 45.1 cm³/mol. The fourth-order valence-electron chi connectivity index (χ4n) is 1.05. The number of nitrogens with zero attached hydrogens (tertiary/aromatic N) is 1. The quantitative estimate of drug-likeness (QED) is 0.579. The summed E-state index contributed by atoms with van der Waals surface area (Å²) in [6, 6.07) is 0.721. The largest absolute Gasteiger partial charge is 0.304 e. The molecule has 0 amide bonds. The standard InChI is InChI=1S/C9H19N/c1-8(2)10(3)7-6-9-4-5-9/h8-9H,4-7H2,1-3H3. The molecule has 0 aromatic carbocycles. The molecule has 1 heteroatoms. The van der Waals surface area contributed by atoms with Gasteiger partial charge in [0.2, 0.25) is 0 Å². The summed E-state index contributed by atoms with van der Waals surface area (Å²) in [6.45, 7) is 5.81. The van der Waals surface area contributed by atoms with Crippen LogP contribution in [-0.4, -0.2) is 24.5 Å². The van der Waals surface area contributed by atoms with Crippen LogP contribution in [0.15, 0.2) is 0 Å². The van der Waals surface area contributed by atoms with Crippen LogP contribution in [-0.2, 0) is 0 Å². The molecule has 0 aromatic heterocycles. The third kappa shape index (κ3) is 2.70. The second-order valence-electron chi connectivity index (χ2n) is 3.81. The molecule has 0 atom stereocenters. The van der Waals surface area contributed by atoms with Crippen LogP contribution in [0.3, 0.4) is 0 Å². The Morgan fingerprint density at radius 3 is 2.40 bits per heavy atom. The first-order chi connectivity index (χ1) is 4.70. The minimum atomic E-state index is 0.721. The van der Waals surface area contributed by atoms with E-state index in [-0.39, 0.29) is 0 Å². The topological polar surface area (TPSA) is 3.24 Å². The van der Waals surface area contributed by atoms with Gasteiger partial charge in [-0.05, 0) is 39.8 Å². The molecule has 1 fully saturated rings. The minimum Gasteiger partial charge on any atom is -0.304 e. The van der Waals surface area contributed by atoms with Crippen molar-refractivity contribution in [3.63, 3.8) is 0 Å². The number of rotatable bonds is 4. The van der Waals surface area contributed by atoms with Gasteiger partial charge in [-0.25, -0.2) is 0 Å². The van der Waals surface area contributed by atoms with E-state index >= 15 is 0 Å². The summed E-state index contributed by atoms with van der Waals surface area (Å²) in [5.41, 5.74) is 0. The Balaban J connectivity index is 1.99. The lowest BCUT2D eigenvalue weighted by Crippen LogP contribution is -2.27. The highest BCUT2D eigenvalue weighted by Gasteiger charge is 2.21. The lowest BCUT2D eigenvalue weighted by Gasteiger charge is -2.20. The van der Waals surface area contributed by atoms with Gasteiger partial charge in [0.25, 0.3) is 0 Å². The van der Waals surface area contributed by atoms with Crippen LogP contribution in [0.25, 0.3) is 0 Å². The normalized spacial score (nSPS) is 18.9. The highest BCUT2D eigenvalue weighted by atomic mass is 15.1. The van der Waals surface area contributed by atoms with E-state index < -0.39 is 0 Å². The molecule has 1 aliphatic rings. The maximum atomic E-state index is 2.43. The Kier molecular flexibility index (Phi) is 2.72. The van der Waals surface area contributed by atoms with Crippen molar-refractivity contribution in [1.29, 1.82) is 0 Å². The minimum absolute atomic E-state index is 0.721. The fourth-order valence-corrected chi connectivity index (χ4v) is 1.05. The molecule has 0 aliphatic heterocycles. The summed E-state index contributed by atoms with van der Waals surface area (Å²) in [7, 11) is 2.22. The molecule has 0 N–H and O–H groups in total. The van der Waals surface area contributed by atoms with E-state index in [4.69, 9.17) is 0 Å². The van der Waals surface area contributed by atoms with Crippen LogP contribution >= 0.6 is 0 Å². The van der Waals surface area contributed by atoms with Gasteiger partial charge in [-0.3, -0.25) is 0 Å². The molecule has 10 heavy (non-hydrogen) atoms. The highest BCUT2D eigenvalue weighted by Crippen LogP contribution is 2.32. The van der Waals surface area contributed by atoms with E-state index in [0.29, 0.717) is 0 Å². The summed E-state index contributed by atoms with van der Waals surface area (Å²) in [5.74, 6) is 1.08. The molecule has 1 saturated carbocycles. The Bertz CT molecular complexity index is 94.9. The van der Waals surface area contributed by atoms with Crippen LogP contribution in [0, 0.1) is 5.92 Å². The zero-order chi connectivity index (χ0) is 7.56. The van der Waals surface area contributed by atoms with E-state index in [9.17, 15) is 0 Å². The van der Waals surface area contributed by atoms with E-state index in [0.717, 1.165) is 12.0 Å². The Morgan fingerprint density at radius 2 is 2.00 bits per heavy atom. The van der Waals surface area contributed by atoms with Crippen molar-refractivity contribution in [3.8, 4) is 0 Å². The van der Waals surface area contributed by atoms with Crippen molar-refractivity contribution in [1.82, 2.24) is 4.90 Å². The van der Waals surface area contributed by atoms with Gasteiger partial charge in [0.1, 0.15) is 0 Å². The lowest BCUT2D eigenvalue weighted by molar-refractivity contribution is 0.265. The molecule has 0 spiro atoms. The van der Waals surface area contributed by atoms with Crippen molar-refractivity contribution >= 4 is 0 Å². The Morgan fingerprint density at radius 1 is 1.40 bits per heavy atom. The average Bonchev–Trinajstić information content (AvgIpc) is 2.64. The van der Waals surface area contributed by atoms with Crippen molar-refractivity contribution in [2.45, 2.75) is 39.2 Å². The Labute approximate surface area is 64.4 Å². The maximum Gasteiger partial charge on any atom is 0.00355 e. The molecule has 0 radical (unpaired) electrons. The molecular weight excluding hydrogens is 122 g/mol. The van der Waals surface area contributed by atoms with E-state index in [2.05, 4.69) is 25.8 Å². The van der Waals surface area contributed by atoms with Gasteiger partial charge in [-0.2, -0.15) is 0 Å². The second kappa shape index (κ2) is 3.38. The second-order valence-corrected chi connectivity index (χ2v) is 3.81. The van der Waals surface area contributed by atoms with Crippen LogP contribution in [0.1, 0.15) is 33.1 Å².